The Bertz CT molecular complexity index is 1320. The van der Waals surface area contributed by atoms with E-state index in [-0.39, 0.29) is 18.2 Å². The molecule has 5 rings (SSSR count). The van der Waals surface area contributed by atoms with Crippen molar-refractivity contribution in [1.82, 2.24) is 19.7 Å². The average Bonchev–Trinajstić information content (AvgIpc) is 3.37. The van der Waals surface area contributed by atoms with Gasteiger partial charge in [0, 0.05) is 47.9 Å². The second kappa shape index (κ2) is 7.98. The molecule has 4 heterocycles. The second-order valence-corrected chi connectivity index (χ2v) is 8.19. The summed E-state index contributed by atoms with van der Waals surface area (Å²) in [5.74, 6) is -1.80. The van der Waals surface area contributed by atoms with Crippen LogP contribution in [0.25, 0.3) is 27.8 Å². The maximum Gasteiger partial charge on any atom is 0.338 e. The minimum Gasteiger partial charge on any atom is -0.479 e. The summed E-state index contributed by atoms with van der Waals surface area (Å²) in [7, 11) is 0. The number of halogens is 2. The van der Waals surface area contributed by atoms with Gasteiger partial charge in [0.2, 0.25) is 6.17 Å². The van der Waals surface area contributed by atoms with E-state index in [1.54, 1.807) is 25.3 Å². The van der Waals surface area contributed by atoms with Crippen molar-refractivity contribution in [3.8, 4) is 5.69 Å². The number of ether oxygens (including phenoxy) is 1. The third-order valence-electron chi connectivity index (χ3n) is 6.14. The van der Waals surface area contributed by atoms with Gasteiger partial charge in [-0.05, 0) is 49.6 Å². The van der Waals surface area contributed by atoms with Crippen LogP contribution in [0.5, 0.6) is 0 Å². The Morgan fingerprint density at radius 3 is 2.84 bits per heavy atom. The van der Waals surface area contributed by atoms with E-state index < -0.39 is 12.1 Å². The molecule has 1 aliphatic rings. The van der Waals surface area contributed by atoms with Crippen molar-refractivity contribution in [2.45, 2.75) is 38.3 Å². The number of H-pyrrole nitrogens is 1. The fourth-order valence-electron chi connectivity index (χ4n) is 4.56. The molecule has 0 saturated carbocycles. The molecule has 0 spiro atoms. The molecular formula is C23H22F2N4O3. The Morgan fingerprint density at radius 1 is 1.34 bits per heavy atom. The van der Waals surface area contributed by atoms with Gasteiger partial charge in [-0.2, -0.15) is 5.10 Å². The number of benzene rings is 1. The van der Waals surface area contributed by atoms with Crippen LogP contribution in [0.4, 0.5) is 8.78 Å². The van der Waals surface area contributed by atoms with Crippen molar-refractivity contribution in [2.75, 3.05) is 13.2 Å². The number of nitrogens with zero attached hydrogens (tertiary/aromatic N) is 3. The van der Waals surface area contributed by atoms with Crippen molar-refractivity contribution in [2.24, 2.45) is 0 Å². The number of hydrogen-bond donors (Lipinski definition) is 2. The molecule has 0 aliphatic carbocycles. The average molecular weight is 440 g/mol. The number of hydrogen-bond acceptors (Lipinski definition) is 4. The molecular weight excluding hydrogens is 418 g/mol. The van der Waals surface area contributed by atoms with Gasteiger partial charge in [-0.1, -0.05) is 0 Å². The Morgan fingerprint density at radius 2 is 2.12 bits per heavy atom. The zero-order valence-corrected chi connectivity index (χ0v) is 17.4. The lowest BCUT2D eigenvalue weighted by Crippen LogP contribution is -2.21. The molecule has 1 atom stereocenters. The lowest BCUT2D eigenvalue weighted by Gasteiger charge is -2.26. The monoisotopic (exact) mass is 440 g/mol. The maximum absolute atomic E-state index is 14.5. The number of alkyl halides is 1. The third-order valence-corrected chi connectivity index (χ3v) is 6.14. The van der Waals surface area contributed by atoms with Gasteiger partial charge in [0.25, 0.3) is 0 Å². The number of carbonyl (C=O) groups is 1. The van der Waals surface area contributed by atoms with E-state index in [0.29, 0.717) is 53.9 Å². The van der Waals surface area contributed by atoms with Crippen LogP contribution < -0.4 is 0 Å². The van der Waals surface area contributed by atoms with Crippen LogP contribution in [0.3, 0.4) is 0 Å². The van der Waals surface area contributed by atoms with Crippen LogP contribution >= 0.6 is 0 Å². The van der Waals surface area contributed by atoms with Gasteiger partial charge >= 0.3 is 5.97 Å². The van der Waals surface area contributed by atoms with Crippen LogP contribution in [0.2, 0.25) is 0 Å². The summed E-state index contributed by atoms with van der Waals surface area (Å²) in [6, 6.07) is 6.73. The summed E-state index contributed by atoms with van der Waals surface area (Å²) >= 11 is 0. The zero-order valence-electron chi connectivity index (χ0n) is 17.4. The highest BCUT2D eigenvalue weighted by Crippen LogP contribution is 2.39. The third kappa shape index (κ3) is 3.42. The lowest BCUT2D eigenvalue weighted by atomic mass is 9.91. The topological polar surface area (TPSA) is 93.0 Å². The second-order valence-electron chi connectivity index (χ2n) is 8.19. The molecule has 7 nitrogen and oxygen atoms in total. The van der Waals surface area contributed by atoms with Gasteiger partial charge in [0.05, 0.1) is 17.2 Å². The number of pyridine rings is 1. The van der Waals surface area contributed by atoms with Crippen LogP contribution in [-0.4, -0.2) is 50.2 Å². The van der Waals surface area contributed by atoms with Crippen LogP contribution in [0.15, 0.2) is 30.5 Å². The molecule has 0 radical (unpaired) electrons. The van der Waals surface area contributed by atoms with Gasteiger partial charge in [0.1, 0.15) is 5.82 Å². The van der Waals surface area contributed by atoms with Crippen molar-refractivity contribution < 1.29 is 23.4 Å². The van der Waals surface area contributed by atoms with Crippen molar-refractivity contribution in [3.05, 3.63) is 53.1 Å². The minimum absolute atomic E-state index is 0.0239. The summed E-state index contributed by atoms with van der Waals surface area (Å²) in [5, 5.41) is 16.9. The SMILES string of the molecule is Cc1cc(-n2c(C3CCOCC3)c(C[C@@H](F)C(=O)O)c3nc4[nH]ncc4cc32)ccc1F. The van der Waals surface area contributed by atoms with Gasteiger partial charge in [-0.15, -0.1) is 0 Å². The van der Waals surface area contributed by atoms with E-state index in [0.717, 1.165) is 16.8 Å². The molecule has 0 bridgehead atoms. The summed E-state index contributed by atoms with van der Waals surface area (Å²) < 4.78 is 36.1. The largest absolute Gasteiger partial charge is 0.479 e. The van der Waals surface area contributed by atoms with E-state index in [1.165, 1.54) is 6.07 Å². The predicted octanol–water partition coefficient (Wildman–Crippen LogP) is 4.21. The van der Waals surface area contributed by atoms with Crippen molar-refractivity contribution in [1.29, 1.82) is 0 Å². The normalized spacial score (nSPS) is 16.1. The summed E-state index contributed by atoms with van der Waals surface area (Å²) in [4.78, 5) is 16.1. The number of carboxylic acids is 1. The Balaban J connectivity index is 1.85. The van der Waals surface area contributed by atoms with E-state index in [4.69, 9.17) is 4.74 Å². The number of rotatable bonds is 5. The first-order valence-corrected chi connectivity index (χ1v) is 10.5. The molecule has 1 aliphatic heterocycles. The standard InChI is InChI=1S/C23H22F2N4O3/c1-12-8-15(2-3-17(12)24)29-19-9-14-11-26-28-22(14)27-20(19)16(10-18(25)23(30)31)21(29)13-4-6-32-7-5-13/h2-3,8-9,11,13,18H,4-7,10H2,1H3,(H,30,31)(H,26,27,28)/t18-/m1/s1. The van der Waals surface area contributed by atoms with Gasteiger partial charge in [-0.25, -0.2) is 18.6 Å². The molecule has 1 fully saturated rings. The summed E-state index contributed by atoms with van der Waals surface area (Å²) in [6.07, 6.45) is 0.706. The van der Waals surface area contributed by atoms with Crippen molar-refractivity contribution >= 4 is 28.0 Å². The number of aromatic nitrogens is 4. The summed E-state index contributed by atoms with van der Waals surface area (Å²) in [6.45, 7) is 2.81. The predicted molar refractivity (Wildman–Crippen MR) is 114 cm³/mol. The van der Waals surface area contributed by atoms with Crippen molar-refractivity contribution in [3.63, 3.8) is 0 Å². The van der Waals surface area contributed by atoms with E-state index in [2.05, 4.69) is 15.2 Å². The quantitative estimate of drug-likeness (QED) is 0.485. The van der Waals surface area contributed by atoms with Crippen LogP contribution in [0, 0.1) is 12.7 Å². The van der Waals surface area contributed by atoms with Crippen LogP contribution in [-0.2, 0) is 16.0 Å². The Labute approximate surface area is 182 Å². The molecule has 3 aromatic heterocycles. The van der Waals surface area contributed by atoms with E-state index in [1.807, 2.05) is 10.6 Å². The first-order valence-electron chi connectivity index (χ1n) is 10.5. The Hall–Kier alpha value is -3.33. The fourth-order valence-corrected chi connectivity index (χ4v) is 4.56. The molecule has 32 heavy (non-hydrogen) atoms. The number of nitrogens with one attached hydrogen (secondary N) is 1. The highest BCUT2D eigenvalue weighted by molar-refractivity contribution is 5.93. The molecule has 0 unspecified atom stereocenters. The van der Waals surface area contributed by atoms with Gasteiger partial charge in [-0.3, -0.25) is 5.10 Å². The Kier molecular flexibility index (Phi) is 5.13. The highest BCUT2D eigenvalue weighted by atomic mass is 19.1. The van der Waals surface area contributed by atoms with E-state index >= 15 is 0 Å². The van der Waals surface area contributed by atoms with Gasteiger partial charge in [0.15, 0.2) is 5.65 Å². The maximum atomic E-state index is 14.5. The number of aromatic amines is 1. The van der Waals surface area contributed by atoms with Crippen LogP contribution in [0.1, 0.15) is 35.6 Å². The molecule has 2 N–H and O–H groups in total. The molecule has 1 aromatic carbocycles. The molecule has 9 heteroatoms. The molecule has 0 amide bonds. The first-order chi connectivity index (χ1) is 15.4. The highest BCUT2D eigenvalue weighted by Gasteiger charge is 2.31. The smallest absolute Gasteiger partial charge is 0.338 e. The lowest BCUT2D eigenvalue weighted by molar-refractivity contribution is -0.142. The summed E-state index contributed by atoms with van der Waals surface area (Å²) in [5.41, 5.74) is 4.34. The number of fused-ring (bicyclic) bond motifs is 2. The molecule has 4 aromatic rings. The minimum atomic E-state index is -2.07. The number of aliphatic carboxylic acids is 1. The zero-order chi connectivity index (χ0) is 22.4. The van der Waals surface area contributed by atoms with E-state index in [9.17, 15) is 18.7 Å². The molecule has 166 valence electrons. The fraction of sp³-hybridized carbons (Fsp3) is 0.348. The van der Waals surface area contributed by atoms with Gasteiger partial charge < -0.3 is 14.4 Å². The number of carboxylic acid groups (broad SMARTS) is 1. The molecule has 1 saturated heterocycles. The first kappa shape index (κ1) is 20.6. The number of aryl methyl sites for hydroxylation is 1.